The van der Waals surface area contributed by atoms with E-state index in [1.165, 1.54) is 19.2 Å². The zero-order chi connectivity index (χ0) is 14.9. The van der Waals surface area contributed by atoms with Crippen LogP contribution in [0.3, 0.4) is 0 Å². The van der Waals surface area contributed by atoms with Crippen LogP contribution < -0.4 is 5.32 Å². The van der Waals surface area contributed by atoms with Crippen molar-refractivity contribution in [3.63, 3.8) is 0 Å². The molecule has 0 bridgehead atoms. The summed E-state index contributed by atoms with van der Waals surface area (Å²) in [6, 6.07) is 6.26. The van der Waals surface area contributed by atoms with Gasteiger partial charge in [0, 0.05) is 13.2 Å². The molecule has 8 heteroatoms. The normalized spacial score (nSPS) is 11.4. The van der Waals surface area contributed by atoms with Gasteiger partial charge in [0.1, 0.15) is 0 Å². The molecule has 0 radical (unpaired) electrons. The van der Waals surface area contributed by atoms with Gasteiger partial charge in [0.05, 0.1) is 16.3 Å². The molecule has 106 valence electrons. The zero-order valence-corrected chi connectivity index (χ0v) is 11.0. The van der Waals surface area contributed by atoms with Crippen molar-refractivity contribution in [2.75, 3.05) is 5.32 Å². The maximum Gasteiger partial charge on any atom is 0.435 e. The Labute approximate surface area is 117 Å². The Balaban J connectivity index is 2.33. The smallest absolute Gasteiger partial charge is 0.321 e. The first-order valence-corrected chi connectivity index (χ1v) is 5.83. The molecule has 0 atom stereocenters. The largest absolute Gasteiger partial charge is 0.435 e. The number of benzene rings is 1. The van der Waals surface area contributed by atoms with Crippen molar-refractivity contribution in [3.8, 4) is 0 Å². The summed E-state index contributed by atoms with van der Waals surface area (Å²) in [5, 5.41) is 5.83. The van der Waals surface area contributed by atoms with Crippen LogP contribution in [0.4, 0.5) is 18.9 Å². The highest BCUT2D eigenvalue weighted by Crippen LogP contribution is 2.31. The van der Waals surface area contributed by atoms with Gasteiger partial charge in [-0.1, -0.05) is 23.7 Å². The molecule has 2 aromatic rings. The summed E-state index contributed by atoms with van der Waals surface area (Å²) in [5.74, 6) is -0.918. The van der Waals surface area contributed by atoms with Crippen LogP contribution in [-0.2, 0) is 13.2 Å². The number of hydrogen-bond acceptors (Lipinski definition) is 2. The average molecular weight is 304 g/mol. The van der Waals surface area contributed by atoms with Crippen LogP contribution in [0.25, 0.3) is 0 Å². The predicted octanol–water partition coefficient (Wildman–Crippen LogP) is 3.34. The number of alkyl halides is 3. The topological polar surface area (TPSA) is 46.9 Å². The summed E-state index contributed by atoms with van der Waals surface area (Å²) in [5.41, 5.74) is -1.55. The van der Waals surface area contributed by atoms with Gasteiger partial charge in [-0.3, -0.25) is 9.48 Å². The third kappa shape index (κ3) is 2.93. The first kappa shape index (κ1) is 14.4. The fraction of sp³-hybridized carbons (Fsp3) is 0.167. The Hall–Kier alpha value is -2.02. The van der Waals surface area contributed by atoms with E-state index in [0.29, 0.717) is 0 Å². The lowest BCUT2D eigenvalue weighted by atomic mass is 10.2. The minimum Gasteiger partial charge on any atom is -0.321 e. The van der Waals surface area contributed by atoms with Crippen molar-refractivity contribution in [3.05, 3.63) is 46.7 Å². The Morgan fingerprint density at radius 3 is 2.60 bits per heavy atom. The Kier molecular flexibility index (Phi) is 3.71. The van der Waals surface area contributed by atoms with Crippen molar-refractivity contribution in [1.82, 2.24) is 9.78 Å². The van der Waals surface area contributed by atoms with Crippen LogP contribution in [-0.4, -0.2) is 15.7 Å². The molecule has 0 aliphatic rings. The molecule has 20 heavy (non-hydrogen) atoms. The van der Waals surface area contributed by atoms with E-state index in [2.05, 4.69) is 10.4 Å². The standard InChI is InChI=1S/C12H9ClF3N3O/c1-19-6-7(10(18-19)12(14,15)16)11(20)17-9-5-3-2-4-8(9)13/h2-6H,1H3,(H,17,20). The maximum atomic E-state index is 12.8. The molecule has 1 amide bonds. The number of amides is 1. The van der Waals surface area contributed by atoms with Gasteiger partial charge in [-0.25, -0.2) is 0 Å². The number of aromatic nitrogens is 2. The third-order valence-electron chi connectivity index (χ3n) is 2.46. The average Bonchev–Trinajstić information content (AvgIpc) is 2.74. The summed E-state index contributed by atoms with van der Waals surface area (Å²) in [4.78, 5) is 11.9. The van der Waals surface area contributed by atoms with Crippen LogP contribution in [0.15, 0.2) is 30.5 Å². The summed E-state index contributed by atoms with van der Waals surface area (Å²) in [6.45, 7) is 0. The molecule has 4 nitrogen and oxygen atoms in total. The number of aryl methyl sites for hydroxylation is 1. The second-order valence-corrected chi connectivity index (χ2v) is 4.40. The van der Waals surface area contributed by atoms with Gasteiger partial charge in [-0.2, -0.15) is 18.3 Å². The van der Waals surface area contributed by atoms with Gasteiger partial charge in [-0.15, -0.1) is 0 Å². The molecule has 0 aliphatic heterocycles. The first-order valence-electron chi connectivity index (χ1n) is 5.46. The minimum atomic E-state index is -4.70. The second-order valence-electron chi connectivity index (χ2n) is 4.00. The van der Waals surface area contributed by atoms with Crippen LogP contribution in [0.1, 0.15) is 16.1 Å². The number of anilines is 1. The van der Waals surface area contributed by atoms with Gasteiger partial charge < -0.3 is 5.32 Å². The van der Waals surface area contributed by atoms with Crippen molar-refractivity contribution < 1.29 is 18.0 Å². The summed E-state index contributed by atoms with van der Waals surface area (Å²) in [6.07, 6.45) is -3.69. The van der Waals surface area contributed by atoms with Crippen LogP contribution in [0.2, 0.25) is 5.02 Å². The summed E-state index contributed by atoms with van der Waals surface area (Å²) < 4.78 is 39.2. The van der Waals surface area contributed by atoms with E-state index in [0.717, 1.165) is 10.9 Å². The molecular weight excluding hydrogens is 295 g/mol. The van der Waals surface area contributed by atoms with Gasteiger partial charge in [0.15, 0.2) is 5.69 Å². The van der Waals surface area contributed by atoms with Crippen LogP contribution in [0.5, 0.6) is 0 Å². The van der Waals surface area contributed by atoms with E-state index in [1.807, 2.05) is 0 Å². The number of nitrogens with one attached hydrogen (secondary N) is 1. The molecule has 1 aromatic carbocycles. The molecule has 2 rings (SSSR count). The van der Waals surface area contributed by atoms with E-state index >= 15 is 0 Å². The lowest BCUT2D eigenvalue weighted by Crippen LogP contribution is -2.17. The number of halogens is 4. The number of para-hydroxylation sites is 1. The molecule has 0 saturated heterocycles. The van der Waals surface area contributed by atoms with Crippen molar-refractivity contribution >= 4 is 23.2 Å². The Bertz CT molecular complexity index is 652. The number of carbonyl (C=O) groups is 1. The third-order valence-corrected chi connectivity index (χ3v) is 2.79. The van der Waals surface area contributed by atoms with E-state index in [4.69, 9.17) is 11.6 Å². The Morgan fingerprint density at radius 1 is 1.35 bits per heavy atom. The maximum absolute atomic E-state index is 12.8. The zero-order valence-electron chi connectivity index (χ0n) is 10.2. The molecule has 1 N–H and O–H groups in total. The van der Waals surface area contributed by atoms with Crippen molar-refractivity contribution in [1.29, 1.82) is 0 Å². The highest BCUT2D eigenvalue weighted by Gasteiger charge is 2.39. The van der Waals surface area contributed by atoms with E-state index < -0.39 is 23.3 Å². The second kappa shape index (κ2) is 5.16. The predicted molar refractivity (Wildman–Crippen MR) is 67.6 cm³/mol. The fourth-order valence-corrected chi connectivity index (χ4v) is 1.80. The van der Waals surface area contributed by atoms with Gasteiger partial charge in [0.2, 0.25) is 0 Å². The van der Waals surface area contributed by atoms with Gasteiger partial charge in [-0.05, 0) is 12.1 Å². The van der Waals surface area contributed by atoms with Gasteiger partial charge in [0.25, 0.3) is 5.91 Å². The SMILES string of the molecule is Cn1cc(C(=O)Nc2ccccc2Cl)c(C(F)(F)F)n1. The summed E-state index contributed by atoms with van der Waals surface area (Å²) >= 11 is 5.83. The first-order chi connectivity index (χ1) is 9.29. The molecule has 0 saturated carbocycles. The number of hydrogen-bond donors (Lipinski definition) is 1. The number of carbonyl (C=O) groups excluding carboxylic acids is 1. The monoisotopic (exact) mass is 303 g/mol. The van der Waals surface area contributed by atoms with Crippen LogP contribution in [0, 0.1) is 0 Å². The molecule has 0 unspecified atom stereocenters. The molecule has 0 aliphatic carbocycles. The van der Waals surface area contributed by atoms with Gasteiger partial charge >= 0.3 is 6.18 Å². The van der Waals surface area contributed by atoms with E-state index in [1.54, 1.807) is 12.1 Å². The molecule has 0 spiro atoms. The fourth-order valence-electron chi connectivity index (χ4n) is 1.62. The lowest BCUT2D eigenvalue weighted by molar-refractivity contribution is -0.141. The molecule has 1 aromatic heterocycles. The highest BCUT2D eigenvalue weighted by atomic mass is 35.5. The summed E-state index contributed by atoms with van der Waals surface area (Å²) in [7, 11) is 1.31. The Morgan fingerprint density at radius 2 is 2.00 bits per heavy atom. The number of nitrogens with zero attached hydrogens (tertiary/aromatic N) is 2. The molecule has 0 fully saturated rings. The van der Waals surface area contributed by atoms with Crippen molar-refractivity contribution in [2.24, 2.45) is 7.05 Å². The molecular formula is C12H9ClF3N3O. The van der Waals surface area contributed by atoms with E-state index in [9.17, 15) is 18.0 Å². The molecule has 1 heterocycles. The lowest BCUT2D eigenvalue weighted by Gasteiger charge is -2.08. The van der Waals surface area contributed by atoms with Crippen LogP contribution >= 0.6 is 11.6 Å². The highest BCUT2D eigenvalue weighted by molar-refractivity contribution is 6.33. The quantitative estimate of drug-likeness (QED) is 0.925. The van der Waals surface area contributed by atoms with Crippen molar-refractivity contribution in [2.45, 2.75) is 6.18 Å². The minimum absolute atomic E-state index is 0.233. The number of rotatable bonds is 2. The van der Waals surface area contributed by atoms with E-state index in [-0.39, 0.29) is 10.7 Å².